The van der Waals surface area contributed by atoms with Gasteiger partial charge < -0.3 is 21.3 Å². The number of pyridine rings is 2. The standard InChI is InChI=1S/C15H22N6/c1-20(14-6-4-12(16)10-18-14)8-3-9-21(2)15-7-5-13(17)11-19-15/h4-7,10-11H,3,8-9,16-17H2,1-2H3. The number of hydrogen-bond acceptors (Lipinski definition) is 6. The number of aromatic nitrogens is 2. The minimum absolute atomic E-state index is 0.682. The summed E-state index contributed by atoms with van der Waals surface area (Å²) in [5.74, 6) is 1.86. The van der Waals surface area contributed by atoms with Crippen molar-refractivity contribution < 1.29 is 0 Å². The number of nitrogens with zero attached hydrogens (tertiary/aromatic N) is 4. The van der Waals surface area contributed by atoms with Gasteiger partial charge in [0.15, 0.2) is 0 Å². The van der Waals surface area contributed by atoms with E-state index in [1.165, 1.54) is 0 Å². The van der Waals surface area contributed by atoms with Crippen LogP contribution in [-0.4, -0.2) is 37.2 Å². The molecule has 4 N–H and O–H groups in total. The van der Waals surface area contributed by atoms with E-state index in [0.717, 1.165) is 31.1 Å². The van der Waals surface area contributed by atoms with Gasteiger partial charge in [-0.3, -0.25) is 0 Å². The fourth-order valence-electron chi connectivity index (χ4n) is 2.02. The first kappa shape index (κ1) is 14.9. The Kier molecular flexibility index (Phi) is 4.81. The molecule has 0 radical (unpaired) electrons. The minimum atomic E-state index is 0.682. The first-order valence-electron chi connectivity index (χ1n) is 6.91. The molecule has 6 nitrogen and oxygen atoms in total. The molecule has 0 atom stereocenters. The van der Waals surface area contributed by atoms with Gasteiger partial charge in [-0.15, -0.1) is 0 Å². The van der Waals surface area contributed by atoms with Crippen molar-refractivity contribution >= 4 is 23.0 Å². The van der Waals surface area contributed by atoms with E-state index < -0.39 is 0 Å². The summed E-state index contributed by atoms with van der Waals surface area (Å²) >= 11 is 0. The Balaban J connectivity index is 1.80. The van der Waals surface area contributed by atoms with E-state index >= 15 is 0 Å². The summed E-state index contributed by atoms with van der Waals surface area (Å²) in [5.41, 5.74) is 12.6. The van der Waals surface area contributed by atoms with Crippen LogP contribution in [0.5, 0.6) is 0 Å². The lowest BCUT2D eigenvalue weighted by Gasteiger charge is -2.22. The molecule has 2 heterocycles. The molecule has 2 aromatic heterocycles. The maximum Gasteiger partial charge on any atom is 0.128 e. The molecular formula is C15H22N6. The molecule has 2 aromatic rings. The average molecular weight is 286 g/mol. The van der Waals surface area contributed by atoms with Crippen LogP contribution in [0.25, 0.3) is 0 Å². The molecule has 0 unspecified atom stereocenters. The van der Waals surface area contributed by atoms with Crippen LogP contribution in [0.1, 0.15) is 6.42 Å². The summed E-state index contributed by atoms with van der Waals surface area (Å²) in [7, 11) is 4.06. The summed E-state index contributed by atoms with van der Waals surface area (Å²) in [5, 5.41) is 0. The van der Waals surface area contributed by atoms with Gasteiger partial charge in [-0.1, -0.05) is 0 Å². The summed E-state index contributed by atoms with van der Waals surface area (Å²) in [6.45, 7) is 1.83. The summed E-state index contributed by atoms with van der Waals surface area (Å²) < 4.78 is 0. The van der Waals surface area contributed by atoms with E-state index in [1.807, 2.05) is 38.4 Å². The SMILES string of the molecule is CN(CCCN(C)c1ccc(N)cn1)c1ccc(N)cn1. The van der Waals surface area contributed by atoms with Crippen LogP contribution in [0.15, 0.2) is 36.7 Å². The molecule has 0 aliphatic carbocycles. The van der Waals surface area contributed by atoms with Crippen LogP contribution >= 0.6 is 0 Å². The zero-order valence-electron chi connectivity index (χ0n) is 12.5. The second-order valence-electron chi connectivity index (χ2n) is 5.10. The van der Waals surface area contributed by atoms with E-state index in [2.05, 4.69) is 19.8 Å². The molecule has 6 heteroatoms. The number of hydrogen-bond donors (Lipinski definition) is 2. The quantitative estimate of drug-likeness (QED) is 0.839. The second-order valence-corrected chi connectivity index (χ2v) is 5.10. The van der Waals surface area contributed by atoms with Gasteiger partial charge in [0.25, 0.3) is 0 Å². The van der Waals surface area contributed by atoms with E-state index in [4.69, 9.17) is 11.5 Å². The van der Waals surface area contributed by atoms with Crippen LogP contribution in [0.4, 0.5) is 23.0 Å². The van der Waals surface area contributed by atoms with E-state index in [-0.39, 0.29) is 0 Å². The monoisotopic (exact) mass is 286 g/mol. The molecular weight excluding hydrogens is 264 g/mol. The highest BCUT2D eigenvalue weighted by molar-refractivity contribution is 5.46. The third kappa shape index (κ3) is 4.24. The van der Waals surface area contributed by atoms with Gasteiger partial charge in [-0.2, -0.15) is 0 Å². The molecule has 0 saturated carbocycles. The Bertz CT molecular complexity index is 500. The zero-order chi connectivity index (χ0) is 15.2. The summed E-state index contributed by atoms with van der Waals surface area (Å²) in [6, 6.07) is 7.59. The van der Waals surface area contributed by atoms with E-state index in [0.29, 0.717) is 11.4 Å². The second kappa shape index (κ2) is 6.78. The molecule has 0 bridgehead atoms. The molecule has 0 fully saturated rings. The Hall–Kier alpha value is -2.50. The fraction of sp³-hybridized carbons (Fsp3) is 0.333. The lowest BCUT2D eigenvalue weighted by molar-refractivity contribution is 0.751. The van der Waals surface area contributed by atoms with Crippen LogP contribution in [-0.2, 0) is 0 Å². The predicted molar refractivity (Wildman–Crippen MR) is 88.5 cm³/mol. The maximum absolute atomic E-state index is 5.64. The number of anilines is 4. The Morgan fingerprint density at radius 3 is 1.57 bits per heavy atom. The smallest absolute Gasteiger partial charge is 0.128 e. The summed E-state index contributed by atoms with van der Waals surface area (Å²) in [4.78, 5) is 12.8. The van der Waals surface area contributed by atoms with E-state index in [1.54, 1.807) is 12.4 Å². The molecule has 21 heavy (non-hydrogen) atoms. The van der Waals surface area contributed by atoms with Crippen molar-refractivity contribution in [2.75, 3.05) is 48.5 Å². The molecule has 112 valence electrons. The van der Waals surface area contributed by atoms with Crippen molar-refractivity contribution in [1.82, 2.24) is 9.97 Å². The molecule has 0 spiro atoms. The average Bonchev–Trinajstić information content (AvgIpc) is 2.48. The van der Waals surface area contributed by atoms with Crippen molar-refractivity contribution in [1.29, 1.82) is 0 Å². The largest absolute Gasteiger partial charge is 0.397 e. The van der Waals surface area contributed by atoms with Crippen LogP contribution < -0.4 is 21.3 Å². The lowest BCUT2D eigenvalue weighted by Crippen LogP contribution is -2.26. The molecule has 0 aromatic carbocycles. The van der Waals surface area contributed by atoms with Crippen molar-refractivity contribution in [2.24, 2.45) is 0 Å². The first-order valence-corrected chi connectivity index (χ1v) is 6.91. The zero-order valence-corrected chi connectivity index (χ0v) is 12.5. The lowest BCUT2D eigenvalue weighted by atomic mass is 10.3. The summed E-state index contributed by atoms with van der Waals surface area (Å²) in [6.07, 6.45) is 4.36. The fourth-order valence-corrected chi connectivity index (χ4v) is 2.02. The van der Waals surface area contributed by atoms with Crippen molar-refractivity contribution in [3.05, 3.63) is 36.7 Å². The van der Waals surface area contributed by atoms with Gasteiger partial charge in [-0.05, 0) is 30.7 Å². The van der Waals surface area contributed by atoms with Gasteiger partial charge in [0.1, 0.15) is 11.6 Å². The molecule has 0 aliphatic rings. The highest BCUT2D eigenvalue weighted by atomic mass is 15.2. The molecule has 2 rings (SSSR count). The molecule has 0 aliphatic heterocycles. The Labute approximate surface area is 125 Å². The Morgan fingerprint density at radius 1 is 0.810 bits per heavy atom. The van der Waals surface area contributed by atoms with Gasteiger partial charge in [0, 0.05) is 27.2 Å². The van der Waals surface area contributed by atoms with Crippen molar-refractivity contribution in [2.45, 2.75) is 6.42 Å². The van der Waals surface area contributed by atoms with Crippen molar-refractivity contribution in [3.63, 3.8) is 0 Å². The first-order chi connectivity index (χ1) is 10.1. The van der Waals surface area contributed by atoms with Crippen LogP contribution in [0.2, 0.25) is 0 Å². The maximum atomic E-state index is 5.64. The normalized spacial score (nSPS) is 10.4. The van der Waals surface area contributed by atoms with Crippen LogP contribution in [0, 0.1) is 0 Å². The van der Waals surface area contributed by atoms with E-state index in [9.17, 15) is 0 Å². The predicted octanol–water partition coefficient (Wildman–Crippen LogP) is 1.60. The van der Waals surface area contributed by atoms with Crippen molar-refractivity contribution in [3.8, 4) is 0 Å². The number of rotatable bonds is 6. The Morgan fingerprint density at radius 2 is 1.24 bits per heavy atom. The van der Waals surface area contributed by atoms with Crippen LogP contribution in [0.3, 0.4) is 0 Å². The molecule has 0 saturated heterocycles. The van der Waals surface area contributed by atoms with Gasteiger partial charge >= 0.3 is 0 Å². The number of nitrogens with two attached hydrogens (primary N) is 2. The third-order valence-electron chi connectivity index (χ3n) is 3.31. The minimum Gasteiger partial charge on any atom is -0.397 e. The molecule has 0 amide bonds. The highest BCUT2D eigenvalue weighted by Gasteiger charge is 2.05. The number of nitrogen functional groups attached to an aromatic ring is 2. The topological polar surface area (TPSA) is 84.3 Å². The van der Waals surface area contributed by atoms with Gasteiger partial charge in [0.05, 0.1) is 23.8 Å². The third-order valence-corrected chi connectivity index (χ3v) is 3.31. The van der Waals surface area contributed by atoms with Gasteiger partial charge in [0.2, 0.25) is 0 Å². The van der Waals surface area contributed by atoms with Gasteiger partial charge in [-0.25, -0.2) is 9.97 Å². The highest BCUT2D eigenvalue weighted by Crippen LogP contribution is 2.13.